The van der Waals surface area contributed by atoms with Crippen molar-refractivity contribution in [3.05, 3.63) is 54.4 Å². The second-order valence-electron chi connectivity index (χ2n) is 5.86. The fraction of sp³-hybridized carbons (Fsp3) is 0.176. The maximum absolute atomic E-state index is 12.4. The predicted molar refractivity (Wildman–Crippen MR) is 97.3 cm³/mol. The summed E-state index contributed by atoms with van der Waals surface area (Å²) in [7, 11) is -3.51. The summed E-state index contributed by atoms with van der Waals surface area (Å²) in [4.78, 5) is 16.4. The molecule has 0 aliphatic carbocycles. The van der Waals surface area contributed by atoms with Crippen molar-refractivity contribution in [2.24, 2.45) is 0 Å². The topological polar surface area (TPSA) is 105 Å². The minimum Gasteiger partial charge on any atom is -0.443 e. The number of aromatic nitrogens is 1. The maximum Gasteiger partial charge on any atom is 0.301 e. The molecule has 3 aromatic rings. The van der Waals surface area contributed by atoms with Crippen LogP contribution in [0.25, 0.3) is 11.1 Å². The number of amides is 1. The second kappa shape index (κ2) is 6.43. The van der Waals surface area contributed by atoms with Gasteiger partial charge in [0.2, 0.25) is 0 Å². The lowest BCUT2D eigenvalue weighted by molar-refractivity contribution is 0.102. The number of nitrogens with one attached hydrogen (secondary N) is 2. The summed E-state index contributed by atoms with van der Waals surface area (Å²) in [6.45, 7) is 0.854. The van der Waals surface area contributed by atoms with E-state index in [1.165, 1.54) is 10.7 Å². The van der Waals surface area contributed by atoms with Crippen LogP contribution in [0.4, 0.5) is 11.4 Å². The normalized spacial score (nSPS) is 16.5. The minimum absolute atomic E-state index is 0.296. The number of nitrogens with zero attached hydrogens (tertiary/aromatic N) is 2. The molecule has 0 atom stereocenters. The molecule has 26 heavy (non-hydrogen) atoms. The molecule has 1 aromatic heterocycles. The Morgan fingerprint density at radius 2 is 2.00 bits per heavy atom. The van der Waals surface area contributed by atoms with Crippen LogP contribution in [-0.2, 0) is 10.2 Å². The van der Waals surface area contributed by atoms with Gasteiger partial charge in [-0.2, -0.15) is 13.1 Å². The summed E-state index contributed by atoms with van der Waals surface area (Å²) in [5, 5.41) is 2.78. The van der Waals surface area contributed by atoms with E-state index < -0.39 is 10.2 Å². The van der Waals surface area contributed by atoms with E-state index in [0.29, 0.717) is 41.1 Å². The minimum atomic E-state index is -3.51. The molecule has 2 N–H and O–H groups in total. The molecule has 8 nitrogen and oxygen atoms in total. The van der Waals surface area contributed by atoms with Gasteiger partial charge in [0.1, 0.15) is 5.52 Å². The molecule has 1 aliphatic heterocycles. The average molecular weight is 372 g/mol. The summed E-state index contributed by atoms with van der Waals surface area (Å²) in [6.07, 6.45) is 2.07. The first-order valence-corrected chi connectivity index (χ1v) is 9.49. The van der Waals surface area contributed by atoms with Gasteiger partial charge in [0.05, 0.1) is 5.69 Å². The Labute approximate surface area is 150 Å². The lowest BCUT2D eigenvalue weighted by Crippen LogP contribution is -2.47. The third-order valence-electron chi connectivity index (χ3n) is 4.12. The number of hydrogen-bond donors (Lipinski definition) is 2. The van der Waals surface area contributed by atoms with Gasteiger partial charge in [-0.3, -0.25) is 9.10 Å². The van der Waals surface area contributed by atoms with Crippen molar-refractivity contribution in [2.45, 2.75) is 6.42 Å². The summed E-state index contributed by atoms with van der Waals surface area (Å²) in [6, 6.07) is 11.6. The van der Waals surface area contributed by atoms with E-state index in [0.717, 1.165) is 6.42 Å². The molecule has 1 aliphatic rings. The molecule has 2 heterocycles. The van der Waals surface area contributed by atoms with E-state index in [2.05, 4.69) is 15.0 Å². The van der Waals surface area contributed by atoms with Gasteiger partial charge in [0.15, 0.2) is 12.0 Å². The summed E-state index contributed by atoms with van der Waals surface area (Å²) < 4.78 is 33.1. The number of benzene rings is 2. The van der Waals surface area contributed by atoms with E-state index in [4.69, 9.17) is 4.42 Å². The van der Waals surface area contributed by atoms with Crippen LogP contribution < -0.4 is 14.3 Å². The third kappa shape index (κ3) is 3.14. The highest BCUT2D eigenvalue weighted by molar-refractivity contribution is 7.90. The van der Waals surface area contributed by atoms with Gasteiger partial charge in [-0.1, -0.05) is 0 Å². The van der Waals surface area contributed by atoms with Crippen LogP contribution in [0.1, 0.15) is 16.8 Å². The first kappa shape index (κ1) is 16.6. The largest absolute Gasteiger partial charge is 0.443 e. The molecule has 0 radical (unpaired) electrons. The highest BCUT2D eigenvalue weighted by atomic mass is 32.2. The molecule has 4 rings (SSSR count). The molecule has 0 bridgehead atoms. The smallest absolute Gasteiger partial charge is 0.301 e. The van der Waals surface area contributed by atoms with Gasteiger partial charge in [0.25, 0.3) is 5.91 Å². The molecule has 0 spiro atoms. The van der Waals surface area contributed by atoms with Crippen molar-refractivity contribution < 1.29 is 17.6 Å². The van der Waals surface area contributed by atoms with Crippen LogP contribution >= 0.6 is 0 Å². The number of fused-ring (bicyclic) bond motifs is 1. The second-order valence-corrected chi connectivity index (χ2v) is 7.54. The summed E-state index contributed by atoms with van der Waals surface area (Å²) in [5.74, 6) is -0.296. The fourth-order valence-electron chi connectivity index (χ4n) is 2.80. The molecule has 1 saturated heterocycles. The Morgan fingerprint density at radius 3 is 2.77 bits per heavy atom. The van der Waals surface area contributed by atoms with Crippen molar-refractivity contribution in [1.82, 2.24) is 9.71 Å². The first-order valence-electron chi connectivity index (χ1n) is 8.05. The zero-order chi connectivity index (χ0) is 18.1. The zero-order valence-corrected chi connectivity index (χ0v) is 14.5. The van der Waals surface area contributed by atoms with Gasteiger partial charge in [0, 0.05) is 30.4 Å². The molecular formula is C17H16N4O4S. The molecule has 1 fully saturated rings. The van der Waals surface area contributed by atoms with Gasteiger partial charge in [-0.15, -0.1) is 0 Å². The predicted octanol–water partition coefficient (Wildman–Crippen LogP) is 2.12. The lowest BCUT2D eigenvalue weighted by atomic mass is 10.2. The first-order chi connectivity index (χ1) is 12.5. The van der Waals surface area contributed by atoms with E-state index in [9.17, 15) is 13.2 Å². The molecule has 134 valence electrons. The number of hydrogen-bond acceptors (Lipinski definition) is 5. The van der Waals surface area contributed by atoms with Crippen molar-refractivity contribution in [2.75, 3.05) is 22.7 Å². The Hall–Kier alpha value is -2.91. The van der Waals surface area contributed by atoms with Gasteiger partial charge >= 0.3 is 10.2 Å². The Bertz CT molecular complexity index is 1060. The lowest BCUT2D eigenvalue weighted by Gasteiger charge is -2.28. The molecule has 0 unspecified atom stereocenters. The quantitative estimate of drug-likeness (QED) is 0.733. The molecule has 2 aromatic carbocycles. The average Bonchev–Trinajstić information content (AvgIpc) is 3.09. The van der Waals surface area contributed by atoms with Crippen LogP contribution in [-0.4, -0.2) is 32.4 Å². The van der Waals surface area contributed by atoms with Gasteiger partial charge < -0.3 is 9.73 Å². The van der Waals surface area contributed by atoms with E-state index in [1.54, 1.807) is 42.5 Å². The van der Waals surface area contributed by atoms with Crippen molar-refractivity contribution in [1.29, 1.82) is 0 Å². The van der Waals surface area contributed by atoms with Gasteiger partial charge in [-0.25, -0.2) is 4.98 Å². The van der Waals surface area contributed by atoms with E-state index in [1.807, 2.05) is 0 Å². The number of anilines is 2. The number of rotatable bonds is 3. The van der Waals surface area contributed by atoms with Crippen LogP contribution in [0.2, 0.25) is 0 Å². The maximum atomic E-state index is 12.4. The number of carbonyl (C=O) groups is 1. The van der Waals surface area contributed by atoms with Crippen molar-refractivity contribution in [3.63, 3.8) is 0 Å². The van der Waals surface area contributed by atoms with Gasteiger partial charge in [-0.05, 0) is 42.8 Å². The van der Waals surface area contributed by atoms with E-state index in [-0.39, 0.29) is 5.91 Å². The molecule has 9 heteroatoms. The summed E-state index contributed by atoms with van der Waals surface area (Å²) >= 11 is 0. The molecule has 0 saturated carbocycles. The Morgan fingerprint density at radius 1 is 1.19 bits per heavy atom. The number of oxazole rings is 1. The SMILES string of the molecule is O=C(Nc1ccc2ncoc2c1)c1ccc(N2CCCNS2(=O)=O)cc1. The highest BCUT2D eigenvalue weighted by Gasteiger charge is 2.25. The fourth-order valence-corrected chi connectivity index (χ4v) is 4.13. The summed E-state index contributed by atoms with van der Waals surface area (Å²) in [5.41, 5.74) is 2.83. The number of carbonyl (C=O) groups excluding carboxylic acids is 1. The zero-order valence-electron chi connectivity index (χ0n) is 13.7. The van der Waals surface area contributed by atoms with Crippen LogP contribution in [0, 0.1) is 0 Å². The Balaban J connectivity index is 1.51. The monoisotopic (exact) mass is 372 g/mol. The molecular weight excluding hydrogens is 356 g/mol. The van der Waals surface area contributed by atoms with Crippen molar-refractivity contribution >= 4 is 38.6 Å². The van der Waals surface area contributed by atoms with E-state index >= 15 is 0 Å². The van der Waals surface area contributed by atoms with Crippen LogP contribution in [0.3, 0.4) is 0 Å². The van der Waals surface area contributed by atoms with Crippen LogP contribution in [0.15, 0.2) is 53.3 Å². The van der Waals surface area contributed by atoms with Crippen molar-refractivity contribution in [3.8, 4) is 0 Å². The highest BCUT2D eigenvalue weighted by Crippen LogP contribution is 2.22. The Kier molecular flexibility index (Phi) is 4.09. The third-order valence-corrected chi connectivity index (χ3v) is 5.66. The molecule has 1 amide bonds. The standard InChI is InChI=1S/C17H16N4O4S/c22-17(20-13-4-7-15-16(10-13)25-11-18-15)12-2-5-14(6-3-12)21-9-1-8-19-26(21,23)24/h2-7,10-11,19H,1,8-9H2,(H,20,22). The van der Waals surface area contributed by atoms with Crippen LogP contribution in [0.5, 0.6) is 0 Å².